The summed E-state index contributed by atoms with van der Waals surface area (Å²) in [6, 6.07) is 11.2. The minimum Gasteiger partial charge on any atom is -0.496 e. The molecule has 2 aromatic carbocycles. The van der Waals surface area contributed by atoms with Crippen LogP contribution in [0.4, 0.5) is 0 Å². The average Bonchev–Trinajstić information content (AvgIpc) is 2.83. The summed E-state index contributed by atoms with van der Waals surface area (Å²) in [4.78, 5) is 28.0. The van der Waals surface area contributed by atoms with Crippen LogP contribution in [0.25, 0.3) is 0 Å². The van der Waals surface area contributed by atoms with E-state index < -0.39 is 16.1 Å². The van der Waals surface area contributed by atoms with Crippen LogP contribution in [-0.4, -0.2) is 68.8 Å². The van der Waals surface area contributed by atoms with Crippen molar-refractivity contribution >= 4 is 21.8 Å². The predicted molar refractivity (Wildman–Crippen MR) is 130 cm³/mol. The Morgan fingerprint density at radius 3 is 2.21 bits per heavy atom. The molecule has 2 amide bonds. The topological polar surface area (TPSA) is 96.0 Å². The van der Waals surface area contributed by atoms with Crippen LogP contribution in [0.1, 0.15) is 35.3 Å². The van der Waals surface area contributed by atoms with Crippen LogP contribution in [0.3, 0.4) is 0 Å². The van der Waals surface area contributed by atoms with Crippen molar-refractivity contribution in [3.05, 3.63) is 59.2 Å². The maximum Gasteiger partial charge on any atom is 0.255 e. The molecule has 1 atom stereocenters. The number of methoxy groups -OCH3 is 1. The Kier molecular flexibility index (Phi) is 7.99. The van der Waals surface area contributed by atoms with Crippen LogP contribution >= 0.6 is 0 Å². The highest BCUT2D eigenvalue weighted by Crippen LogP contribution is 2.22. The van der Waals surface area contributed by atoms with Crippen LogP contribution in [0.2, 0.25) is 0 Å². The Hall–Kier alpha value is -2.91. The monoisotopic (exact) mass is 487 g/mol. The molecule has 2 aromatic rings. The van der Waals surface area contributed by atoms with E-state index in [9.17, 15) is 18.0 Å². The molecule has 9 heteroatoms. The third kappa shape index (κ3) is 5.42. The standard InChI is InChI=1S/C25H33N3O5S/c1-17(2)23(26-24(29)21-8-6-7-9-22(21)33-5)25(30)27-12-14-28(15-13-27)34(31,32)20-11-10-18(3)19(4)16-20/h6-11,16-17,23H,12-15H2,1-5H3,(H,26,29)/t23-/m0/s1. The van der Waals surface area contributed by atoms with Crippen LogP contribution in [0.15, 0.2) is 47.4 Å². The van der Waals surface area contributed by atoms with Crippen LogP contribution in [0.5, 0.6) is 5.75 Å². The van der Waals surface area contributed by atoms with Gasteiger partial charge in [-0.05, 0) is 55.2 Å². The van der Waals surface area contributed by atoms with Gasteiger partial charge in [-0.3, -0.25) is 9.59 Å². The summed E-state index contributed by atoms with van der Waals surface area (Å²) >= 11 is 0. The lowest BCUT2D eigenvalue weighted by atomic mass is 10.0. The first-order valence-electron chi connectivity index (χ1n) is 11.4. The number of carbonyl (C=O) groups excluding carboxylic acids is 2. The molecule has 0 saturated carbocycles. The van der Waals surface area contributed by atoms with E-state index in [0.717, 1.165) is 11.1 Å². The Bertz CT molecular complexity index is 1150. The first-order valence-corrected chi connectivity index (χ1v) is 12.8. The van der Waals surface area contributed by atoms with Crippen LogP contribution < -0.4 is 10.1 Å². The van der Waals surface area contributed by atoms with Gasteiger partial charge in [0, 0.05) is 26.2 Å². The molecule has 1 aliphatic heterocycles. The van der Waals surface area contributed by atoms with E-state index in [4.69, 9.17) is 4.74 Å². The number of hydrogen-bond acceptors (Lipinski definition) is 5. The zero-order valence-electron chi connectivity index (χ0n) is 20.4. The number of piperazine rings is 1. The minimum absolute atomic E-state index is 0.150. The molecule has 3 rings (SSSR count). The second kappa shape index (κ2) is 10.6. The normalized spacial score (nSPS) is 15.8. The van der Waals surface area contributed by atoms with Gasteiger partial charge < -0.3 is 15.0 Å². The molecule has 1 aliphatic rings. The molecule has 184 valence electrons. The summed E-state index contributed by atoms with van der Waals surface area (Å²) in [7, 11) is -2.15. The highest BCUT2D eigenvalue weighted by molar-refractivity contribution is 7.89. The number of ether oxygens (including phenoxy) is 1. The van der Waals surface area contributed by atoms with Gasteiger partial charge in [-0.25, -0.2) is 8.42 Å². The molecule has 0 radical (unpaired) electrons. The van der Waals surface area contributed by atoms with Gasteiger partial charge in [0.15, 0.2) is 0 Å². The van der Waals surface area contributed by atoms with E-state index >= 15 is 0 Å². The lowest BCUT2D eigenvalue weighted by molar-refractivity contribution is -0.135. The number of sulfonamides is 1. The lowest BCUT2D eigenvalue weighted by Crippen LogP contribution is -2.57. The number of para-hydroxylation sites is 1. The first kappa shape index (κ1) is 25.7. The van der Waals surface area contributed by atoms with Gasteiger partial charge in [0.25, 0.3) is 5.91 Å². The van der Waals surface area contributed by atoms with Gasteiger partial charge in [-0.2, -0.15) is 4.31 Å². The molecular weight excluding hydrogens is 454 g/mol. The molecular formula is C25H33N3O5S. The Morgan fingerprint density at radius 1 is 0.971 bits per heavy atom. The van der Waals surface area contributed by atoms with Crippen molar-refractivity contribution in [3.63, 3.8) is 0 Å². The number of hydrogen-bond donors (Lipinski definition) is 1. The zero-order valence-corrected chi connectivity index (χ0v) is 21.2. The number of rotatable bonds is 7. The fourth-order valence-corrected chi connectivity index (χ4v) is 5.44. The summed E-state index contributed by atoms with van der Waals surface area (Å²) in [6.45, 7) is 8.48. The smallest absolute Gasteiger partial charge is 0.255 e. The van der Waals surface area contributed by atoms with Crippen molar-refractivity contribution < 1.29 is 22.7 Å². The molecule has 0 aliphatic carbocycles. The van der Waals surface area contributed by atoms with Crippen LogP contribution in [0, 0.1) is 19.8 Å². The van der Waals surface area contributed by atoms with E-state index in [1.807, 2.05) is 27.7 Å². The molecule has 0 spiro atoms. The number of amides is 2. The summed E-state index contributed by atoms with van der Waals surface area (Å²) in [5.41, 5.74) is 2.30. The van der Waals surface area contributed by atoms with E-state index in [0.29, 0.717) is 11.3 Å². The summed E-state index contributed by atoms with van der Waals surface area (Å²) < 4.78 is 32.8. The molecule has 1 fully saturated rings. The lowest BCUT2D eigenvalue weighted by Gasteiger charge is -2.36. The van der Waals surface area contributed by atoms with Crippen LogP contribution in [-0.2, 0) is 14.8 Å². The van der Waals surface area contributed by atoms with Crippen molar-refractivity contribution in [3.8, 4) is 5.75 Å². The van der Waals surface area contributed by atoms with Gasteiger partial charge in [-0.15, -0.1) is 0 Å². The van der Waals surface area contributed by atoms with Crippen molar-refractivity contribution in [1.82, 2.24) is 14.5 Å². The van der Waals surface area contributed by atoms with E-state index in [1.165, 1.54) is 11.4 Å². The Morgan fingerprint density at radius 2 is 1.62 bits per heavy atom. The number of aryl methyl sites for hydroxylation is 2. The third-order valence-corrected chi connectivity index (χ3v) is 8.13. The maximum absolute atomic E-state index is 13.3. The largest absolute Gasteiger partial charge is 0.496 e. The fourth-order valence-electron chi connectivity index (χ4n) is 3.93. The van der Waals surface area contributed by atoms with Gasteiger partial charge in [-0.1, -0.05) is 32.0 Å². The second-order valence-corrected chi connectivity index (χ2v) is 10.8. The first-order chi connectivity index (χ1) is 16.1. The van der Waals surface area contributed by atoms with Crippen molar-refractivity contribution in [2.45, 2.75) is 38.6 Å². The summed E-state index contributed by atoms with van der Waals surface area (Å²) in [5.74, 6) is -0.328. The Labute approximate surface area is 201 Å². The van der Waals surface area contributed by atoms with Gasteiger partial charge in [0.05, 0.1) is 17.6 Å². The highest BCUT2D eigenvalue weighted by Gasteiger charge is 2.34. The average molecular weight is 488 g/mol. The molecule has 1 heterocycles. The zero-order chi connectivity index (χ0) is 25.0. The molecule has 1 saturated heterocycles. The third-order valence-electron chi connectivity index (χ3n) is 6.24. The maximum atomic E-state index is 13.3. The second-order valence-electron chi connectivity index (χ2n) is 8.87. The molecule has 0 unspecified atom stereocenters. The quantitative estimate of drug-likeness (QED) is 0.648. The fraction of sp³-hybridized carbons (Fsp3) is 0.440. The molecule has 0 aromatic heterocycles. The van der Waals surface area contributed by atoms with Crippen molar-refractivity contribution in [2.24, 2.45) is 5.92 Å². The molecule has 8 nitrogen and oxygen atoms in total. The van der Waals surface area contributed by atoms with E-state index in [2.05, 4.69) is 5.32 Å². The van der Waals surface area contributed by atoms with Crippen molar-refractivity contribution in [1.29, 1.82) is 0 Å². The predicted octanol–water partition coefficient (Wildman–Crippen LogP) is 2.60. The minimum atomic E-state index is -3.64. The summed E-state index contributed by atoms with van der Waals surface area (Å²) in [6.07, 6.45) is 0. The number of carbonyl (C=O) groups is 2. The SMILES string of the molecule is COc1ccccc1C(=O)N[C@H](C(=O)N1CCN(S(=O)(=O)c2ccc(C)c(C)c2)CC1)C(C)C. The summed E-state index contributed by atoms with van der Waals surface area (Å²) in [5, 5.41) is 2.84. The van der Waals surface area contributed by atoms with Gasteiger partial charge in [0.1, 0.15) is 11.8 Å². The van der Waals surface area contributed by atoms with E-state index in [1.54, 1.807) is 47.4 Å². The Balaban J connectivity index is 1.68. The molecule has 1 N–H and O–H groups in total. The van der Waals surface area contributed by atoms with E-state index in [-0.39, 0.29) is 48.8 Å². The number of nitrogens with zero attached hydrogens (tertiary/aromatic N) is 2. The molecule has 0 bridgehead atoms. The van der Waals surface area contributed by atoms with Crippen molar-refractivity contribution in [2.75, 3.05) is 33.3 Å². The number of benzene rings is 2. The number of nitrogens with one attached hydrogen (secondary N) is 1. The molecule has 34 heavy (non-hydrogen) atoms. The van der Waals surface area contributed by atoms with Gasteiger partial charge in [0.2, 0.25) is 15.9 Å². The highest BCUT2D eigenvalue weighted by atomic mass is 32.2. The van der Waals surface area contributed by atoms with Gasteiger partial charge >= 0.3 is 0 Å².